The summed E-state index contributed by atoms with van der Waals surface area (Å²) in [5.41, 5.74) is 0.0506. The van der Waals surface area contributed by atoms with Crippen molar-refractivity contribution >= 4 is 22.6 Å². The van der Waals surface area contributed by atoms with Crippen LogP contribution in [0.25, 0.3) is 0 Å². The number of aromatic hydroxyl groups is 1. The van der Waals surface area contributed by atoms with E-state index < -0.39 is 4.92 Å². The summed E-state index contributed by atoms with van der Waals surface area (Å²) in [4.78, 5) is 20.6. The number of nitrogens with zero attached hydrogens (tertiary/aromatic N) is 1. The topological polar surface area (TPSA) is 80.4 Å². The Labute approximate surface area is 102 Å². The van der Waals surface area contributed by atoms with Gasteiger partial charge in [0.2, 0.25) is 0 Å². The molecule has 6 heteroatoms. The molecule has 0 aliphatic rings. The predicted octanol–water partition coefficient (Wildman–Crippen LogP) is 1.93. The van der Waals surface area contributed by atoms with E-state index in [0.29, 0.717) is 0 Å². The second-order valence-corrected chi connectivity index (χ2v) is 4.19. The van der Waals surface area contributed by atoms with Crippen LogP contribution in [0.15, 0.2) is 18.2 Å². The number of thioether (sulfide) groups is 1. The van der Waals surface area contributed by atoms with Crippen LogP contribution in [0.2, 0.25) is 0 Å². The van der Waals surface area contributed by atoms with Crippen LogP contribution >= 0.6 is 11.8 Å². The molecule has 0 unspecified atom stereocenters. The molecule has 5 nitrogen and oxygen atoms in total. The molecule has 0 radical (unpaired) electrons. The maximum atomic E-state index is 10.6. The number of nitro benzene ring substituents is 1. The van der Waals surface area contributed by atoms with Gasteiger partial charge < -0.3 is 5.11 Å². The van der Waals surface area contributed by atoms with Crippen LogP contribution < -0.4 is 0 Å². The smallest absolute Gasteiger partial charge is 0.270 e. The molecule has 0 bridgehead atoms. The molecule has 0 aromatic heterocycles. The summed E-state index contributed by atoms with van der Waals surface area (Å²) in [5, 5.41) is 19.9. The summed E-state index contributed by atoms with van der Waals surface area (Å²) in [7, 11) is 0. The van der Waals surface area contributed by atoms with E-state index in [1.807, 2.05) is 0 Å². The molecule has 1 rings (SSSR count). The molecule has 0 amide bonds. The van der Waals surface area contributed by atoms with Gasteiger partial charge in [-0.25, -0.2) is 0 Å². The fourth-order valence-electron chi connectivity index (χ4n) is 1.01. The Bertz CT molecular complexity index is 516. The highest BCUT2D eigenvalue weighted by Crippen LogP contribution is 2.21. The third-order valence-electron chi connectivity index (χ3n) is 1.76. The van der Waals surface area contributed by atoms with Crippen LogP contribution in [-0.4, -0.2) is 20.9 Å². The van der Waals surface area contributed by atoms with E-state index in [1.54, 1.807) is 0 Å². The van der Waals surface area contributed by atoms with Crippen molar-refractivity contribution in [3.63, 3.8) is 0 Å². The Morgan fingerprint density at radius 1 is 1.59 bits per heavy atom. The first kappa shape index (κ1) is 13.1. The first-order valence-corrected chi connectivity index (χ1v) is 5.59. The van der Waals surface area contributed by atoms with Crippen LogP contribution in [-0.2, 0) is 4.79 Å². The zero-order valence-corrected chi connectivity index (χ0v) is 9.78. The number of phenols is 1. The highest BCUT2D eigenvalue weighted by atomic mass is 32.2. The minimum absolute atomic E-state index is 0.0532. The molecule has 0 aliphatic heterocycles. The summed E-state index contributed by atoms with van der Waals surface area (Å²) in [6, 6.07) is 3.62. The second-order valence-electron chi connectivity index (χ2n) is 3.04. The third-order valence-corrected chi connectivity index (χ3v) is 2.46. The van der Waals surface area contributed by atoms with E-state index in [1.165, 1.54) is 25.1 Å². The van der Waals surface area contributed by atoms with Gasteiger partial charge in [0.05, 0.1) is 16.2 Å². The number of rotatable bonds is 2. The Balaban J connectivity index is 2.86. The van der Waals surface area contributed by atoms with Gasteiger partial charge in [0.15, 0.2) is 5.12 Å². The molecule has 1 aromatic carbocycles. The lowest BCUT2D eigenvalue weighted by Crippen LogP contribution is -1.89. The van der Waals surface area contributed by atoms with Crippen LogP contribution in [0.5, 0.6) is 5.75 Å². The monoisotopic (exact) mass is 251 g/mol. The van der Waals surface area contributed by atoms with E-state index in [4.69, 9.17) is 0 Å². The van der Waals surface area contributed by atoms with Crippen LogP contribution in [0.1, 0.15) is 12.5 Å². The van der Waals surface area contributed by atoms with Crippen molar-refractivity contribution in [3.05, 3.63) is 33.9 Å². The van der Waals surface area contributed by atoms with Crippen molar-refractivity contribution in [3.8, 4) is 17.6 Å². The lowest BCUT2D eigenvalue weighted by Gasteiger charge is -1.96. The zero-order chi connectivity index (χ0) is 12.8. The zero-order valence-electron chi connectivity index (χ0n) is 8.97. The molecule has 0 aliphatic carbocycles. The lowest BCUT2D eigenvalue weighted by molar-refractivity contribution is -0.384. The molecule has 1 N–H and O–H groups in total. The van der Waals surface area contributed by atoms with Crippen LogP contribution in [0.4, 0.5) is 5.69 Å². The first-order valence-electron chi connectivity index (χ1n) is 4.60. The SMILES string of the molecule is CC(=O)SCC#Cc1cc([N+](=O)[O-])ccc1O. The number of carbonyl (C=O) groups excluding carboxylic acids is 1. The van der Waals surface area contributed by atoms with Crippen LogP contribution in [0, 0.1) is 22.0 Å². The van der Waals surface area contributed by atoms with Gasteiger partial charge in [-0.15, -0.1) is 0 Å². The van der Waals surface area contributed by atoms with E-state index in [9.17, 15) is 20.0 Å². The number of non-ortho nitro benzene ring substituents is 1. The number of hydrogen-bond donors (Lipinski definition) is 1. The predicted molar refractivity (Wildman–Crippen MR) is 64.8 cm³/mol. The lowest BCUT2D eigenvalue weighted by atomic mass is 10.2. The first-order chi connectivity index (χ1) is 8.00. The molecule has 0 saturated carbocycles. The maximum Gasteiger partial charge on any atom is 0.270 e. The molecule has 1 aromatic rings. The van der Waals surface area contributed by atoms with Gasteiger partial charge in [0, 0.05) is 19.1 Å². The van der Waals surface area contributed by atoms with Gasteiger partial charge in [-0.3, -0.25) is 14.9 Å². The number of phenolic OH excluding ortho intramolecular Hbond substituents is 1. The minimum Gasteiger partial charge on any atom is -0.507 e. The van der Waals surface area contributed by atoms with Gasteiger partial charge in [0.1, 0.15) is 5.75 Å². The normalized spacial score (nSPS) is 9.24. The summed E-state index contributed by atoms with van der Waals surface area (Å²) < 4.78 is 0. The third kappa shape index (κ3) is 4.17. The highest BCUT2D eigenvalue weighted by Gasteiger charge is 2.08. The maximum absolute atomic E-state index is 10.6. The van der Waals surface area contributed by atoms with Crippen molar-refractivity contribution in [2.24, 2.45) is 0 Å². The highest BCUT2D eigenvalue weighted by molar-refractivity contribution is 8.13. The molecular formula is C11H9NO4S. The van der Waals surface area contributed by atoms with Crippen molar-refractivity contribution in [1.82, 2.24) is 0 Å². The fourth-order valence-corrected chi connectivity index (χ4v) is 1.35. The summed E-state index contributed by atoms with van der Waals surface area (Å²) in [6.45, 7) is 1.43. The molecular weight excluding hydrogens is 242 g/mol. The van der Waals surface area contributed by atoms with E-state index in [-0.39, 0.29) is 27.9 Å². The second kappa shape index (κ2) is 5.92. The molecule has 0 spiro atoms. The molecule has 88 valence electrons. The van der Waals surface area contributed by atoms with Gasteiger partial charge in [-0.1, -0.05) is 23.6 Å². The van der Waals surface area contributed by atoms with Crippen molar-refractivity contribution in [2.75, 3.05) is 5.75 Å². The van der Waals surface area contributed by atoms with E-state index in [0.717, 1.165) is 11.8 Å². The fraction of sp³-hybridized carbons (Fsp3) is 0.182. The standard InChI is InChI=1S/C11H9NO4S/c1-8(13)17-6-2-3-9-7-10(12(15)16)4-5-11(9)14/h4-5,7,14H,6H2,1H3. The summed E-state index contributed by atoms with van der Waals surface area (Å²) in [6.07, 6.45) is 0. The molecule has 0 fully saturated rings. The Kier molecular flexibility index (Phi) is 4.55. The summed E-state index contributed by atoms with van der Waals surface area (Å²) in [5.74, 6) is 5.41. The summed E-state index contributed by atoms with van der Waals surface area (Å²) >= 11 is 1.04. The van der Waals surface area contributed by atoms with Gasteiger partial charge in [-0.2, -0.15) is 0 Å². The van der Waals surface area contributed by atoms with Gasteiger partial charge in [-0.05, 0) is 6.07 Å². The molecule has 17 heavy (non-hydrogen) atoms. The van der Waals surface area contributed by atoms with Gasteiger partial charge >= 0.3 is 0 Å². The average Bonchev–Trinajstić information content (AvgIpc) is 2.25. The van der Waals surface area contributed by atoms with Crippen molar-refractivity contribution < 1.29 is 14.8 Å². The van der Waals surface area contributed by atoms with Crippen molar-refractivity contribution in [2.45, 2.75) is 6.92 Å². The Morgan fingerprint density at radius 3 is 2.88 bits per heavy atom. The van der Waals surface area contributed by atoms with E-state index >= 15 is 0 Å². The number of benzene rings is 1. The average molecular weight is 251 g/mol. The Hall–Kier alpha value is -2.00. The largest absolute Gasteiger partial charge is 0.507 e. The molecule has 0 saturated heterocycles. The quantitative estimate of drug-likeness (QED) is 0.493. The molecule has 0 atom stereocenters. The molecule has 0 heterocycles. The van der Waals surface area contributed by atoms with Gasteiger partial charge in [0.25, 0.3) is 5.69 Å². The van der Waals surface area contributed by atoms with Crippen molar-refractivity contribution in [1.29, 1.82) is 0 Å². The number of hydrogen-bond acceptors (Lipinski definition) is 5. The van der Waals surface area contributed by atoms with Crippen LogP contribution in [0.3, 0.4) is 0 Å². The van der Waals surface area contributed by atoms with E-state index in [2.05, 4.69) is 11.8 Å². The minimum atomic E-state index is -0.561. The number of nitro groups is 1. The number of carbonyl (C=O) groups is 1. The Morgan fingerprint density at radius 2 is 2.29 bits per heavy atom.